The molecule has 182 valence electrons. The smallest absolute Gasteiger partial charge is 0.405 e. The lowest BCUT2D eigenvalue weighted by molar-refractivity contribution is -0.275. The molecule has 0 spiro atoms. The van der Waals surface area contributed by atoms with Gasteiger partial charge in [-0.25, -0.2) is 9.66 Å². The summed E-state index contributed by atoms with van der Waals surface area (Å²) in [4.78, 5) is 23.1. The molecule has 1 atom stereocenters. The lowest BCUT2D eigenvalue weighted by atomic mass is 10.0. The number of nitrogens with zero attached hydrogens (tertiary/aromatic N) is 2. The number of fused-ring (bicyclic) bond motifs is 1. The van der Waals surface area contributed by atoms with Gasteiger partial charge in [-0.2, -0.15) is 0 Å². The van der Waals surface area contributed by atoms with Gasteiger partial charge in [0.1, 0.15) is 16.8 Å². The van der Waals surface area contributed by atoms with E-state index in [1.54, 1.807) is 43.5 Å². The first kappa shape index (κ1) is 24.2. The van der Waals surface area contributed by atoms with E-state index in [2.05, 4.69) is 24.9 Å². The van der Waals surface area contributed by atoms with Crippen molar-refractivity contribution in [2.45, 2.75) is 19.3 Å². The third kappa shape index (κ3) is 5.41. The second-order valence-electron chi connectivity index (χ2n) is 7.48. The molecule has 1 unspecified atom stereocenters. The Bertz CT molecular complexity index is 1430. The maximum absolute atomic E-state index is 13.2. The number of rotatable bonds is 7. The average molecular weight is 504 g/mol. The summed E-state index contributed by atoms with van der Waals surface area (Å²) in [6, 6.07) is 11.6. The Hall–Kier alpha value is -3.97. The zero-order valence-electron chi connectivity index (χ0n) is 18.2. The Balaban J connectivity index is 1.67. The number of aromatic nitrogens is 3. The summed E-state index contributed by atoms with van der Waals surface area (Å²) in [5.74, 6) is -0.923. The molecule has 2 aromatic carbocycles. The number of benzene rings is 2. The molecule has 0 aliphatic heterocycles. The molecule has 35 heavy (non-hydrogen) atoms. The van der Waals surface area contributed by atoms with Crippen LogP contribution in [0, 0.1) is 5.41 Å². The fraction of sp³-hybridized carbons (Fsp3) is 0.136. The highest BCUT2D eigenvalue weighted by Crippen LogP contribution is 2.31. The van der Waals surface area contributed by atoms with Crippen molar-refractivity contribution in [3.63, 3.8) is 0 Å². The van der Waals surface area contributed by atoms with E-state index in [4.69, 9.17) is 10.5 Å². The van der Waals surface area contributed by atoms with Crippen LogP contribution in [-0.4, -0.2) is 26.9 Å². The number of hydrogen-bond acceptors (Lipinski definition) is 7. The summed E-state index contributed by atoms with van der Waals surface area (Å²) in [6.07, 6.45) is -1.80. The van der Waals surface area contributed by atoms with Crippen LogP contribution in [0.5, 0.6) is 5.75 Å². The van der Waals surface area contributed by atoms with Crippen LogP contribution in [0.4, 0.5) is 13.2 Å². The van der Waals surface area contributed by atoms with E-state index in [1.165, 1.54) is 29.2 Å². The maximum atomic E-state index is 13.2. The summed E-state index contributed by atoms with van der Waals surface area (Å²) < 4.78 is 43.9. The van der Waals surface area contributed by atoms with Gasteiger partial charge in [-0.15, -0.1) is 13.2 Å². The fourth-order valence-electron chi connectivity index (χ4n) is 3.61. The first-order valence-electron chi connectivity index (χ1n) is 10.2. The van der Waals surface area contributed by atoms with Crippen LogP contribution in [0.25, 0.3) is 22.2 Å². The van der Waals surface area contributed by atoms with Crippen molar-refractivity contribution in [3.05, 3.63) is 77.7 Å². The van der Waals surface area contributed by atoms with Crippen LogP contribution in [0.3, 0.4) is 0 Å². The lowest BCUT2D eigenvalue weighted by Crippen LogP contribution is -2.28. The molecule has 13 heteroatoms. The predicted molar refractivity (Wildman–Crippen MR) is 126 cm³/mol. The van der Waals surface area contributed by atoms with Crippen molar-refractivity contribution in [3.8, 4) is 16.9 Å². The van der Waals surface area contributed by atoms with Crippen LogP contribution in [-0.2, 0) is 0 Å². The van der Waals surface area contributed by atoms with E-state index in [0.29, 0.717) is 22.2 Å². The topological polar surface area (TPSA) is 134 Å². The Morgan fingerprint density at radius 1 is 1.23 bits per heavy atom. The maximum Gasteiger partial charge on any atom is 0.573 e. The molecular formula is C22H20F3N7O2S. The van der Waals surface area contributed by atoms with Crippen LogP contribution in [0.1, 0.15) is 28.9 Å². The predicted octanol–water partition coefficient (Wildman–Crippen LogP) is 3.97. The van der Waals surface area contributed by atoms with Gasteiger partial charge in [0, 0.05) is 23.9 Å². The number of amides is 1. The Morgan fingerprint density at radius 3 is 2.71 bits per heavy atom. The standard InChI is InChI=1S/C22H20F3N7O2S/c1-12(15-4-2-3-5-18(15)34-22(23,24)25)30-21(33)16-8-14(9-17-20(16)29-11-28-17)13-6-7-32(31-35-27)19(26)10-13/h2-12,26,31H,27H2,1H3,(H,28,29)(H,30,33). The van der Waals surface area contributed by atoms with Crippen LogP contribution < -0.4 is 25.5 Å². The van der Waals surface area contributed by atoms with E-state index in [-0.39, 0.29) is 16.6 Å². The monoisotopic (exact) mass is 503 g/mol. The number of halogens is 3. The molecule has 4 aromatic rings. The Labute approximate surface area is 201 Å². The van der Waals surface area contributed by atoms with Gasteiger partial charge >= 0.3 is 6.36 Å². The van der Waals surface area contributed by atoms with Crippen molar-refractivity contribution >= 4 is 29.1 Å². The second-order valence-corrected chi connectivity index (χ2v) is 7.90. The molecule has 1 amide bonds. The van der Waals surface area contributed by atoms with Crippen molar-refractivity contribution in [2.75, 3.05) is 4.83 Å². The fourth-order valence-corrected chi connectivity index (χ4v) is 3.89. The molecule has 0 radical (unpaired) electrons. The molecule has 2 aromatic heterocycles. The van der Waals surface area contributed by atoms with E-state index >= 15 is 0 Å². The molecule has 0 saturated carbocycles. The number of nitrogens with one attached hydrogen (secondary N) is 4. The SMILES string of the molecule is CC(NC(=O)c1cc(-c2ccn(NSN)c(=N)c2)cc2[nH]cnc12)c1ccccc1OC(F)(F)F. The first-order valence-corrected chi connectivity index (χ1v) is 11.1. The summed E-state index contributed by atoms with van der Waals surface area (Å²) in [6.45, 7) is 1.56. The molecule has 0 saturated heterocycles. The van der Waals surface area contributed by atoms with Gasteiger partial charge in [0.2, 0.25) is 0 Å². The average Bonchev–Trinajstić information content (AvgIpc) is 3.28. The number of aromatic amines is 1. The highest BCUT2D eigenvalue weighted by Gasteiger charge is 2.32. The van der Waals surface area contributed by atoms with E-state index < -0.39 is 24.1 Å². The minimum Gasteiger partial charge on any atom is -0.405 e. The van der Waals surface area contributed by atoms with E-state index in [0.717, 1.165) is 12.1 Å². The highest BCUT2D eigenvalue weighted by atomic mass is 32.2. The minimum absolute atomic E-state index is 0.131. The molecule has 6 N–H and O–H groups in total. The number of carbonyl (C=O) groups is 1. The molecule has 0 bridgehead atoms. The Morgan fingerprint density at radius 2 is 2.00 bits per heavy atom. The molecule has 2 heterocycles. The largest absolute Gasteiger partial charge is 0.573 e. The normalized spacial score (nSPS) is 12.4. The zero-order valence-corrected chi connectivity index (χ0v) is 19.0. The number of imidazole rings is 1. The van der Waals surface area contributed by atoms with Gasteiger partial charge in [0.25, 0.3) is 5.91 Å². The van der Waals surface area contributed by atoms with Gasteiger partial charge in [0.05, 0.1) is 23.4 Å². The summed E-state index contributed by atoms with van der Waals surface area (Å²) in [5, 5.41) is 16.3. The zero-order chi connectivity index (χ0) is 25.2. The van der Waals surface area contributed by atoms with Crippen molar-refractivity contribution in [1.82, 2.24) is 20.0 Å². The van der Waals surface area contributed by atoms with Gasteiger partial charge in [-0.1, -0.05) is 18.2 Å². The summed E-state index contributed by atoms with van der Waals surface area (Å²) in [5.41, 5.74) is 2.81. The van der Waals surface area contributed by atoms with Gasteiger partial charge in [-0.3, -0.25) is 20.2 Å². The lowest BCUT2D eigenvalue weighted by Gasteiger charge is -2.19. The van der Waals surface area contributed by atoms with Gasteiger partial charge < -0.3 is 15.0 Å². The minimum atomic E-state index is -4.86. The molecule has 0 aliphatic carbocycles. The number of hydrogen-bond donors (Lipinski definition) is 5. The third-order valence-corrected chi connectivity index (χ3v) is 5.47. The number of H-pyrrole nitrogens is 1. The number of para-hydroxylation sites is 1. The second kappa shape index (κ2) is 9.72. The van der Waals surface area contributed by atoms with Crippen LogP contribution >= 0.6 is 12.1 Å². The van der Waals surface area contributed by atoms with E-state index in [9.17, 15) is 18.0 Å². The summed E-state index contributed by atoms with van der Waals surface area (Å²) in [7, 11) is 0. The number of pyridine rings is 1. The molecular weight excluding hydrogens is 483 g/mol. The van der Waals surface area contributed by atoms with Crippen molar-refractivity contribution in [1.29, 1.82) is 5.41 Å². The quantitative estimate of drug-likeness (QED) is 0.242. The van der Waals surface area contributed by atoms with Crippen LogP contribution in [0.2, 0.25) is 0 Å². The molecule has 0 fully saturated rings. The number of carbonyl (C=O) groups excluding carboxylic acids is 1. The summed E-state index contributed by atoms with van der Waals surface area (Å²) >= 11 is 0.843. The highest BCUT2D eigenvalue weighted by molar-refractivity contribution is 7.97. The van der Waals surface area contributed by atoms with Crippen molar-refractivity contribution in [2.24, 2.45) is 5.14 Å². The molecule has 4 rings (SSSR count). The van der Waals surface area contributed by atoms with Crippen molar-refractivity contribution < 1.29 is 22.7 Å². The molecule has 9 nitrogen and oxygen atoms in total. The van der Waals surface area contributed by atoms with E-state index in [1.807, 2.05) is 0 Å². The van der Waals surface area contributed by atoms with Crippen LogP contribution in [0.15, 0.2) is 61.1 Å². The van der Waals surface area contributed by atoms with Gasteiger partial charge in [-0.05, 0) is 48.4 Å². The van der Waals surface area contributed by atoms with Gasteiger partial charge in [0.15, 0.2) is 0 Å². The number of nitrogens with two attached hydrogens (primary N) is 1. The number of alkyl halides is 3. The molecule has 0 aliphatic rings. The third-order valence-electron chi connectivity index (χ3n) is 5.17. The first-order chi connectivity index (χ1) is 16.7. The number of ether oxygens (including phenoxy) is 1. The Kier molecular flexibility index (Phi) is 6.71.